The number of nitrogens with zero attached hydrogens (tertiary/aromatic N) is 1. The van der Waals surface area contributed by atoms with E-state index < -0.39 is 9.84 Å². The summed E-state index contributed by atoms with van der Waals surface area (Å²) < 4.78 is 28.2. The van der Waals surface area contributed by atoms with Crippen LogP contribution in [0.25, 0.3) is 0 Å². The average molecular weight is 404 g/mol. The van der Waals surface area contributed by atoms with Gasteiger partial charge in [-0.2, -0.15) is 0 Å². The third kappa shape index (κ3) is 7.23. The van der Waals surface area contributed by atoms with Crippen LogP contribution in [0.1, 0.15) is 18.1 Å². The van der Waals surface area contributed by atoms with E-state index in [-0.39, 0.29) is 0 Å². The fourth-order valence-corrected chi connectivity index (χ4v) is 3.29. The van der Waals surface area contributed by atoms with Crippen LogP contribution in [0.5, 0.6) is 5.75 Å². The summed E-state index contributed by atoms with van der Waals surface area (Å²) in [6.07, 6.45) is 2.85. The summed E-state index contributed by atoms with van der Waals surface area (Å²) in [5.41, 5.74) is 2.29. The molecule has 0 amide bonds. The number of hydrogen-bond donors (Lipinski definition) is 2. The molecule has 0 aliphatic carbocycles. The standard InChI is InChI=1S/C21H29N3O3S/c1-4-22-21(23-15-13-17-5-9-19(27-2)10-6-17)24-16-14-18-7-11-20(12-8-18)28(3,25)26/h5-12H,4,13-16H2,1-3H3,(H2,22,23,24). The molecule has 152 valence electrons. The van der Waals surface area contributed by atoms with Crippen molar-refractivity contribution in [1.82, 2.24) is 10.6 Å². The highest BCUT2D eigenvalue weighted by Crippen LogP contribution is 2.12. The quantitative estimate of drug-likeness (QED) is 0.497. The largest absolute Gasteiger partial charge is 0.497 e. The first kappa shape index (κ1) is 21.8. The van der Waals surface area contributed by atoms with Gasteiger partial charge in [-0.1, -0.05) is 24.3 Å². The van der Waals surface area contributed by atoms with E-state index in [9.17, 15) is 8.42 Å². The maximum absolute atomic E-state index is 11.5. The van der Waals surface area contributed by atoms with Crippen molar-refractivity contribution in [3.05, 3.63) is 59.7 Å². The van der Waals surface area contributed by atoms with Crippen molar-refractivity contribution >= 4 is 15.8 Å². The van der Waals surface area contributed by atoms with Crippen molar-refractivity contribution in [3.63, 3.8) is 0 Å². The van der Waals surface area contributed by atoms with Gasteiger partial charge in [-0.25, -0.2) is 8.42 Å². The van der Waals surface area contributed by atoms with Crippen molar-refractivity contribution in [1.29, 1.82) is 0 Å². The van der Waals surface area contributed by atoms with Gasteiger partial charge >= 0.3 is 0 Å². The van der Waals surface area contributed by atoms with Crippen LogP contribution in [0.2, 0.25) is 0 Å². The van der Waals surface area contributed by atoms with E-state index in [2.05, 4.69) is 27.8 Å². The van der Waals surface area contributed by atoms with E-state index in [1.54, 1.807) is 19.2 Å². The van der Waals surface area contributed by atoms with Crippen molar-refractivity contribution in [2.24, 2.45) is 4.99 Å². The van der Waals surface area contributed by atoms with Crippen LogP contribution in [-0.4, -0.2) is 47.4 Å². The molecule has 0 atom stereocenters. The molecular formula is C21H29N3O3S. The average Bonchev–Trinajstić information content (AvgIpc) is 2.68. The zero-order valence-electron chi connectivity index (χ0n) is 16.7. The first-order valence-electron chi connectivity index (χ1n) is 9.36. The fraction of sp³-hybridized carbons (Fsp3) is 0.381. The molecule has 0 saturated heterocycles. The number of rotatable bonds is 9. The van der Waals surface area contributed by atoms with Gasteiger partial charge < -0.3 is 15.4 Å². The van der Waals surface area contributed by atoms with Crippen LogP contribution in [-0.2, 0) is 22.7 Å². The third-order valence-corrected chi connectivity index (χ3v) is 5.36. The number of methoxy groups -OCH3 is 1. The predicted octanol–water partition coefficient (Wildman–Crippen LogP) is 2.44. The lowest BCUT2D eigenvalue weighted by molar-refractivity contribution is 0.414. The molecule has 0 radical (unpaired) electrons. The monoisotopic (exact) mass is 403 g/mol. The fourth-order valence-electron chi connectivity index (χ4n) is 2.66. The Labute approximate surface area is 168 Å². The molecule has 28 heavy (non-hydrogen) atoms. The molecule has 2 aromatic rings. The Morgan fingerprint density at radius 2 is 1.57 bits per heavy atom. The van der Waals surface area contributed by atoms with Crippen molar-refractivity contribution < 1.29 is 13.2 Å². The SMILES string of the molecule is CCNC(=NCCc1ccc(S(C)(=O)=O)cc1)NCCc1ccc(OC)cc1. The first-order valence-corrected chi connectivity index (χ1v) is 11.3. The van der Waals surface area contributed by atoms with Crippen LogP contribution in [0.15, 0.2) is 58.4 Å². The van der Waals surface area contributed by atoms with E-state index in [0.29, 0.717) is 11.4 Å². The number of nitrogens with one attached hydrogen (secondary N) is 2. The van der Waals surface area contributed by atoms with Gasteiger partial charge in [-0.05, 0) is 55.2 Å². The van der Waals surface area contributed by atoms with Gasteiger partial charge in [-0.15, -0.1) is 0 Å². The van der Waals surface area contributed by atoms with Crippen LogP contribution < -0.4 is 15.4 Å². The number of hydrogen-bond acceptors (Lipinski definition) is 4. The molecule has 0 heterocycles. The van der Waals surface area contributed by atoms with E-state index >= 15 is 0 Å². The highest BCUT2D eigenvalue weighted by atomic mass is 32.2. The molecule has 0 aliphatic rings. The van der Waals surface area contributed by atoms with Crippen LogP contribution in [0, 0.1) is 0 Å². The third-order valence-electron chi connectivity index (χ3n) is 4.23. The maximum Gasteiger partial charge on any atom is 0.191 e. The van der Waals surface area contributed by atoms with Crippen molar-refractivity contribution in [2.45, 2.75) is 24.7 Å². The smallest absolute Gasteiger partial charge is 0.191 e. The molecule has 0 spiro atoms. The number of guanidine groups is 1. The van der Waals surface area contributed by atoms with Crippen LogP contribution in [0.3, 0.4) is 0 Å². The summed E-state index contributed by atoms with van der Waals surface area (Å²) in [6.45, 7) is 4.22. The van der Waals surface area contributed by atoms with Gasteiger partial charge in [-0.3, -0.25) is 4.99 Å². The second-order valence-electron chi connectivity index (χ2n) is 6.45. The lowest BCUT2D eigenvalue weighted by Crippen LogP contribution is -2.38. The molecule has 7 heteroatoms. The van der Waals surface area contributed by atoms with Gasteiger partial charge in [0.1, 0.15) is 5.75 Å². The van der Waals surface area contributed by atoms with Gasteiger partial charge in [0.2, 0.25) is 0 Å². The topological polar surface area (TPSA) is 79.8 Å². The zero-order valence-corrected chi connectivity index (χ0v) is 17.6. The van der Waals surface area contributed by atoms with Gasteiger partial charge in [0.25, 0.3) is 0 Å². The number of sulfone groups is 1. The lowest BCUT2D eigenvalue weighted by Gasteiger charge is -2.11. The Bertz CT molecular complexity index is 861. The molecule has 0 bridgehead atoms. The lowest BCUT2D eigenvalue weighted by atomic mass is 10.1. The molecular weight excluding hydrogens is 374 g/mol. The number of ether oxygens (including phenoxy) is 1. The molecule has 0 saturated carbocycles. The van der Waals surface area contributed by atoms with Gasteiger partial charge in [0.15, 0.2) is 15.8 Å². The van der Waals surface area contributed by atoms with Crippen molar-refractivity contribution in [3.8, 4) is 5.75 Å². The summed E-state index contributed by atoms with van der Waals surface area (Å²) in [5, 5.41) is 6.58. The number of benzene rings is 2. The van der Waals surface area contributed by atoms with Crippen LogP contribution >= 0.6 is 0 Å². The molecule has 0 aromatic heterocycles. The normalized spacial score (nSPS) is 11.9. The molecule has 0 unspecified atom stereocenters. The zero-order chi connectivity index (χ0) is 20.4. The molecule has 6 nitrogen and oxygen atoms in total. The molecule has 0 aliphatic heterocycles. The minimum Gasteiger partial charge on any atom is -0.497 e. The minimum atomic E-state index is -3.15. The van der Waals surface area contributed by atoms with E-state index in [4.69, 9.17) is 4.74 Å². The summed E-state index contributed by atoms with van der Waals surface area (Å²) in [6, 6.07) is 15.0. The molecule has 0 fully saturated rings. The summed E-state index contributed by atoms with van der Waals surface area (Å²) in [7, 11) is -1.49. The van der Waals surface area contributed by atoms with Crippen molar-refractivity contribution in [2.75, 3.05) is 33.0 Å². The Morgan fingerprint density at radius 1 is 0.964 bits per heavy atom. The highest BCUT2D eigenvalue weighted by molar-refractivity contribution is 7.90. The van der Waals surface area contributed by atoms with Crippen LogP contribution in [0.4, 0.5) is 0 Å². The second kappa shape index (κ2) is 10.7. The molecule has 2 N–H and O–H groups in total. The maximum atomic E-state index is 11.5. The number of aliphatic imine (C=N–C) groups is 1. The molecule has 2 rings (SSSR count). The molecule has 2 aromatic carbocycles. The first-order chi connectivity index (χ1) is 13.4. The van der Waals surface area contributed by atoms with E-state index in [0.717, 1.165) is 43.2 Å². The van der Waals surface area contributed by atoms with Gasteiger partial charge in [0, 0.05) is 25.9 Å². The van der Waals surface area contributed by atoms with E-state index in [1.807, 2.05) is 31.2 Å². The Kier molecular flexibility index (Phi) is 8.32. The summed E-state index contributed by atoms with van der Waals surface area (Å²) in [5.74, 6) is 1.64. The summed E-state index contributed by atoms with van der Waals surface area (Å²) >= 11 is 0. The van der Waals surface area contributed by atoms with Gasteiger partial charge in [0.05, 0.1) is 12.0 Å². The minimum absolute atomic E-state index is 0.341. The Balaban J connectivity index is 1.83. The summed E-state index contributed by atoms with van der Waals surface area (Å²) in [4.78, 5) is 4.94. The Morgan fingerprint density at radius 3 is 2.14 bits per heavy atom. The second-order valence-corrected chi connectivity index (χ2v) is 8.47. The Hall–Kier alpha value is -2.54. The predicted molar refractivity (Wildman–Crippen MR) is 114 cm³/mol. The van der Waals surface area contributed by atoms with E-state index in [1.165, 1.54) is 11.8 Å². The highest BCUT2D eigenvalue weighted by Gasteiger charge is 2.06.